The monoisotopic (exact) mass is 376 g/mol. The zero-order valence-electron chi connectivity index (χ0n) is 11.0. The minimum atomic E-state index is -0.724. The summed E-state index contributed by atoms with van der Waals surface area (Å²) in [6.45, 7) is 2.03. The molecule has 0 bridgehead atoms. The van der Waals surface area contributed by atoms with Gasteiger partial charge >= 0.3 is 5.97 Å². The maximum absolute atomic E-state index is 13.6. The Labute approximate surface area is 132 Å². The average Bonchev–Trinajstić information content (AvgIpc) is 2.83. The summed E-state index contributed by atoms with van der Waals surface area (Å²) in [6.07, 6.45) is 0.0572. The normalized spacial score (nSPS) is 10.5. The Bertz CT molecular complexity index is 664. The van der Waals surface area contributed by atoms with Crippen LogP contribution >= 0.6 is 27.3 Å². The van der Waals surface area contributed by atoms with E-state index in [4.69, 9.17) is 4.74 Å². The van der Waals surface area contributed by atoms with Crippen molar-refractivity contribution >= 4 is 44.1 Å². The quantitative estimate of drug-likeness (QED) is 0.632. The summed E-state index contributed by atoms with van der Waals surface area (Å²) in [6, 6.07) is 2.07. The fraction of sp³-hybridized carbons (Fsp3) is 0.231. The molecule has 0 spiro atoms. The third-order valence-corrected chi connectivity index (χ3v) is 3.85. The number of rotatable bonds is 5. The summed E-state index contributed by atoms with van der Waals surface area (Å²) in [5.41, 5.74) is 0.628. The molecule has 0 saturated carbocycles. The molecule has 1 aromatic heterocycles. The van der Waals surface area contributed by atoms with Crippen LogP contribution < -0.4 is 5.32 Å². The Morgan fingerprint density at radius 2 is 2.19 bits per heavy atom. The maximum Gasteiger partial charge on any atom is 0.311 e. The number of aromatic nitrogens is 1. The van der Waals surface area contributed by atoms with Crippen LogP contribution in [0.4, 0.5) is 19.6 Å². The highest BCUT2D eigenvalue weighted by Gasteiger charge is 2.12. The van der Waals surface area contributed by atoms with Gasteiger partial charge in [-0.2, -0.15) is 0 Å². The predicted octanol–water partition coefficient (Wildman–Crippen LogP) is 4.03. The molecule has 0 unspecified atom stereocenters. The van der Waals surface area contributed by atoms with Crippen molar-refractivity contribution in [1.29, 1.82) is 0 Å². The van der Waals surface area contributed by atoms with E-state index < -0.39 is 11.6 Å². The SMILES string of the molecule is CCOC(=O)Cc1csc(Nc2cc(Br)c(F)cc2F)n1. The lowest BCUT2D eigenvalue weighted by Crippen LogP contribution is -2.07. The smallest absolute Gasteiger partial charge is 0.311 e. The fourth-order valence-electron chi connectivity index (χ4n) is 1.54. The molecule has 1 aromatic carbocycles. The van der Waals surface area contributed by atoms with Gasteiger partial charge in [-0.1, -0.05) is 0 Å². The van der Waals surface area contributed by atoms with Crippen LogP contribution in [0.1, 0.15) is 12.6 Å². The number of ether oxygens (including phenoxy) is 1. The van der Waals surface area contributed by atoms with Gasteiger partial charge in [-0.25, -0.2) is 13.8 Å². The van der Waals surface area contributed by atoms with E-state index in [1.165, 1.54) is 17.4 Å². The van der Waals surface area contributed by atoms with Gasteiger partial charge in [0.1, 0.15) is 11.6 Å². The molecule has 1 N–H and O–H groups in total. The first-order chi connectivity index (χ1) is 9.99. The van der Waals surface area contributed by atoms with Gasteiger partial charge in [0.25, 0.3) is 0 Å². The first-order valence-electron chi connectivity index (χ1n) is 6.01. The molecule has 0 aliphatic rings. The van der Waals surface area contributed by atoms with Crippen LogP contribution in [0.15, 0.2) is 22.0 Å². The van der Waals surface area contributed by atoms with E-state index in [-0.39, 0.29) is 22.6 Å². The van der Waals surface area contributed by atoms with E-state index in [2.05, 4.69) is 26.2 Å². The van der Waals surface area contributed by atoms with Crippen molar-refractivity contribution in [3.05, 3.63) is 39.3 Å². The third kappa shape index (κ3) is 4.21. The van der Waals surface area contributed by atoms with Crippen molar-refractivity contribution in [2.24, 2.45) is 0 Å². The lowest BCUT2D eigenvalue weighted by Gasteiger charge is -2.05. The Kier molecular flexibility index (Phi) is 5.24. The van der Waals surface area contributed by atoms with Gasteiger partial charge in [0.05, 0.1) is 28.9 Å². The zero-order valence-corrected chi connectivity index (χ0v) is 13.4. The van der Waals surface area contributed by atoms with Crippen LogP contribution in [-0.4, -0.2) is 17.6 Å². The topological polar surface area (TPSA) is 51.2 Å². The van der Waals surface area contributed by atoms with E-state index in [0.717, 1.165) is 6.07 Å². The molecule has 0 amide bonds. The minimum Gasteiger partial charge on any atom is -0.466 e. The van der Waals surface area contributed by atoms with Gasteiger partial charge in [0.2, 0.25) is 0 Å². The molecular weight excluding hydrogens is 366 g/mol. The van der Waals surface area contributed by atoms with Crippen LogP contribution in [0.5, 0.6) is 0 Å². The van der Waals surface area contributed by atoms with Crippen molar-refractivity contribution in [1.82, 2.24) is 4.98 Å². The first-order valence-corrected chi connectivity index (χ1v) is 7.68. The van der Waals surface area contributed by atoms with E-state index in [9.17, 15) is 13.6 Å². The van der Waals surface area contributed by atoms with Crippen molar-refractivity contribution < 1.29 is 18.3 Å². The summed E-state index contributed by atoms with van der Waals surface area (Å²) < 4.78 is 31.7. The van der Waals surface area contributed by atoms with Crippen molar-refractivity contribution in [2.45, 2.75) is 13.3 Å². The number of hydrogen-bond donors (Lipinski definition) is 1. The van der Waals surface area contributed by atoms with Crippen LogP contribution in [-0.2, 0) is 16.0 Å². The molecule has 1 heterocycles. The summed E-state index contributed by atoms with van der Waals surface area (Å²) >= 11 is 4.21. The van der Waals surface area contributed by atoms with Crippen LogP contribution in [0.3, 0.4) is 0 Å². The Balaban J connectivity index is 2.09. The number of halogens is 3. The summed E-state index contributed by atoms with van der Waals surface area (Å²) in [7, 11) is 0. The average molecular weight is 377 g/mol. The molecule has 21 heavy (non-hydrogen) atoms. The lowest BCUT2D eigenvalue weighted by molar-refractivity contribution is -0.142. The van der Waals surface area contributed by atoms with Crippen molar-refractivity contribution in [2.75, 3.05) is 11.9 Å². The van der Waals surface area contributed by atoms with Crippen molar-refractivity contribution in [3.63, 3.8) is 0 Å². The number of nitrogens with one attached hydrogen (secondary N) is 1. The third-order valence-electron chi connectivity index (χ3n) is 2.43. The van der Waals surface area contributed by atoms with Gasteiger partial charge < -0.3 is 10.1 Å². The molecule has 0 aliphatic heterocycles. The van der Waals surface area contributed by atoms with E-state index in [1.807, 2.05) is 0 Å². The minimum absolute atomic E-state index is 0.0572. The maximum atomic E-state index is 13.6. The fourth-order valence-corrected chi connectivity index (χ4v) is 2.60. The number of hydrogen-bond acceptors (Lipinski definition) is 5. The highest BCUT2D eigenvalue weighted by atomic mass is 79.9. The summed E-state index contributed by atoms with van der Waals surface area (Å²) in [5, 5.41) is 4.83. The number of carbonyl (C=O) groups excluding carboxylic acids is 1. The highest BCUT2D eigenvalue weighted by Crippen LogP contribution is 2.28. The Hall–Kier alpha value is -1.54. The molecule has 4 nitrogen and oxygen atoms in total. The second kappa shape index (κ2) is 6.95. The van der Waals surface area contributed by atoms with Gasteiger partial charge in [-0.3, -0.25) is 4.79 Å². The number of esters is 1. The second-order valence-corrected chi connectivity index (χ2v) is 5.71. The van der Waals surface area contributed by atoms with E-state index in [1.54, 1.807) is 12.3 Å². The Morgan fingerprint density at radius 3 is 2.90 bits per heavy atom. The van der Waals surface area contributed by atoms with Gasteiger partial charge in [-0.15, -0.1) is 11.3 Å². The molecular formula is C13H11BrF2N2O2S. The van der Waals surface area contributed by atoms with E-state index >= 15 is 0 Å². The largest absolute Gasteiger partial charge is 0.466 e. The summed E-state index contributed by atoms with van der Waals surface area (Å²) in [5.74, 6) is -1.77. The Morgan fingerprint density at radius 1 is 1.43 bits per heavy atom. The molecule has 112 valence electrons. The number of benzene rings is 1. The van der Waals surface area contributed by atoms with Gasteiger partial charge in [0, 0.05) is 11.4 Å². The molecule has 2 rings (SSSR count). The number of carbonyl (C=O) groups is 1. The molecule has 8 heteroatoms. The molecule has 0 saturated heterocycles. The molecule has 0 atom stereocenters. The van der Waals surface area contributed by atoms with Gasteiger partial charge in [0.15, 0.2) is 5.13 Å². The lowest BCUT2D eigenvalue weighted by atomic mass is 10.3. The molecule has 2 aromatic rings. The van der Waals surface area contributed by atoms with Crippen molar-refractivity contribution in [3.8, 4) is 0 Å². The highest BCUT2D eigenvalue weighted by molar-refractivity contribution is 9.10. The van der Waals surface area contributed by atoms with E-state index in [0.29, 0.717) is 17.4 Å². The standard InChI is InChI=1S/C13H11BrF2N2O2S/c1-2-20-12(19)3-7-6-21-13(17-7)18-11-4-8(14)9(15)5-10(11)16/h4-6H,2-3H2,1H3,(H,17,18). The van der Waals surface area contributed by atoms with Gasteiger partial charge in [-0.05, 0) is 28.9 Å². The molecule has 0 radical (unpaired) electrons. The zero-order chi connectivity index (χ0) is 15.4. The second-order valence-electron chi connectivity index (χ2n) is 4.00. The van der Waals surface area contributed by atoms with Crippen LogP contribution in [0, 0.1) is 11.6 Å². The summed E-state index contributed by atoms with van der Waals surface area (Å²) in [4.78, 5) is 15.5. The van der Waals surface area contributed by atoms with Crippen LogP contribution in [0.25, 0.3) is 0 Å². The first kappa shape index (κ1) is 15.8. The molecule has 0 fully saturated rings. The number of nitrogens with zero attached hydrogens (tertiary/aromatic N) is 1. The predicted molar refractivity (Wildman–Crippen MR) is 79.8 cm³/mol. The van der Waals surface area contributed by atoms with Crippen LogP contribution in [0.2, 0.25) is 0 Å². The number of thiazole rings is 1. The number of anilines is 2. The molecule has 0 aliphatic carbocycles.